The molecule has 2 aliphatic rings. The molecule has 3 aromatic heterocycles. The Kier molecular flexibility index (Phi) is 10.2. The molecule has 5 heterocycles. The summed E-state index contributed by atoms with van der Waals surface area (Å²) in [5.41, 5.74) is 6.92. The molecule has 2 amide bonds. The number of pyridine rings is 1. The van der Waals surface area contributed by atoms with Gasteiger partial charge in [0.05, 0.1) is 6.20 Å². The van der Waals surface area contributed by atoms with E-state index >= 15 is 0 Å². The number of aromatic nitrogens is 4. The minimum Gasteiger partial charge on any atom is -0.478 e. The Morgan fingerprint density at radius 3 is 2.70 bits per heavy atom. The van der Waals surface area contributed by atoms with Gasteiger partial charge in [-0.1, -0.05) is 28.1 Å². The minimum absolute atomic E-state index is 0.00511. The van der Waals surface area contributed by atoms with Crippen LogP contribution in [0.4, 0.5) is 11.1 Å². The molecule has 3 atom stereocenters. The average Bonchev–Trinajstić information content (AvgIpc) is 3.57. The number of thioether (sulfide) groups is 1. The maximum Gasteiger partial charge on any atom is 0.352 e. The van der Waals surface area contributed by atoms with Gasteiger partial charge in [0, 0.05) is 24.9 Å². The fourth-order valence-electron chi connectivity index (χ4n) is 5.15. The lowest BCUT2D eigenvalue weighted by atomic mass is 10.0. The van der Waals surface area contributed by atoms with E-state index < -0.39 is 47.0 Å². The maximum atomic E-state index is 13.4. The second kappa shape index (κ2) is 14.1. The predicted octanol–water partition coefficient (Wildman–Crippen LogP) is 0.300. The van der Waals surface area contributed by atoms with Gasteiger partial charge in [0.1, 0.15) is 39.2 Å². The van der Waals surface area contributed by atoms with Crippen molar-refractivity contribution in [3.05, 3.63) is 39.6 Å². The summed E-state index contributed by atoms with van der Waals surface area (Å²) in [5.74, 6) is -3.28. The topological polar surface area (TPSA) is 230 Å². The van der Waals surface area contributed by atoms with Crippen molar-refractivity contribution in [2.24, 2.45) is 5.16 Å². The monoisotopic (exact) mass is 707 g/mol. The first-order chi connectivity index (χ1) is 22.5. The molecule has 20 heteroatoms. The number of oxime groups is 1. The first-order valence-electron chi connectivity index (χ1n) is 14.3. The second-order valence-electron chi connectivity index (χ2n) is 10.5. The molecule has 0 radical (unpaired) electrons. The number of hydrogen-bond donors (Lipinski definition) is 6. The fourth-order valence-corrected chi connectivity index (χ4v) is 7.41. The minimum atomic E-state index is -1.41. The molecule has 1 fully saturated rings. The number of amides is 2. The molecule has 250 valence electrons. The summed E-state index contributed by atoms with van der Waals surface area (Å²) in [6.45, 7) is 2.91. The van der Waals surface area contributed by atoms with Crippen LogP contribution in [-0.2, 0) is 37.1 Å². The van der Waals surface area contributed by atoms with Crippen molar-refractivity contribution in [2.45, 2.75) is 44.0 Å². The van der Waals surface area contributed by atoms with E-state index in [1.165, 1.54) is 18.7 Å². The normalized spacial score (nSPS) is 18.5. The summed E-state index contributed by atoms with van der Waals surface area (Å²) in [6.07, 6.45) is 1.27. The van der Waals surface area contributed by atoms with Gasteiger partial charge in [0.25, 0.3) is 11.8 Å². The van der Waals surface area contributed by atoms with Crippen molar-refractivity contribution in [1.82, 2.24) is 30.1 Å². The molecular formula is C27H32ClN10O7S2+. The highest BCUT2D eigenvalue weighted by atomic mass is 35.5. The van der Waals surface area contributed by atoms with Gasteiger partial charge in [-0.2, -0.15) is 0 Å². The number of rotatable bonds is 14. The maximum absolute atomic E-state index is 13.4. The van der Waals surface area contributed by atoms with E-state index in [9.17, 15) is 24.3 Å². The number of thiazole rings is 1. The third kappa shape index (κ3) is 6.69. The highest BCUT2D eigenvalue weighted by Gasteiger charge is 2.54. The lowest BCUT2D eigenvalue weighted by Crippen LogP contribution is -2.71. The van der Waals surface area contributed by atoms with E-state index in [2.05, 4.69) is 30.7 Å². The van der Waals surface area contributed by atoms with Crippen LogP contribution in [0.2, 0.25) is 4.34 Å². The number of aryl methyl sites for hydroxylation is 1. The molecule has 0 aromatic carbocycles. The molecular weight excluding hydrogens is 676 g/mol. The number of nitrogens with zero attached hydrogens (tertiary/aromatic N) is 6. The molecule has 2 aliphatic heterocycles. The van der Waals surface area contributed by atoms with Gasteiger partial charge in [-0.05, 0) is 44.1 Å². The summed E-state index contributed by atoms with van der Waals surface area (Å²) in [7, 11) is 3.67. The Balaban J connectivity index is 1.39. The van der Waals surface area contributed by atoms with Crippen molar-refractivity contribution in [1.29, 1.82) is 0 Å². The SMILES string of the molecule is CNCCCn1c(NC)nc2c1ccc[n+]2CC1=C(C(=O)O)N2C(=O)C(NC(=O)/C(=N\O[C@@H](C)C(=O)O)c3nc(N)sc3Cl)C2SC1. The quantitative estimate of drug-likeness (QED) is 0.0436. The van der Waals surface area contributed by atoms with Crippen LogP contribution in [0.3, 0.4) is 0 Å². The summed E-state index contributed by atoms with van der Waals surface area (Å²) < 4.78 is 3.90. The van der Waals surface area contributed by atoms with Crippen LogP contribution >= 0.6 is 34.7 Å². The second-order valence-corrected chi connectivity index (χ2v) is 13.2. The van der Waals surface area contributed by atoms with Crippen molar-refractivity contribution in [3.63, 3.8) is 0 Å². The van der Waals surface area contributed by atoms with Gasteiger partial charge >= 0.3 is 23.5 Å². The number of fused-ring (bicyclic) bond motifs is 2. The molecule has 0 spiro atoms. The predicted molar refractivity (Wildman–Crippen MR) is 174 cm³/mol. The number of aliphatic carboxylic acids is 2. The van der Waals surface area contributed by atoms with Gasteiger partial charge < -0.3 is 36.7 Å². The largest absolute Gasteiger partial charge is 0.478 e. The molecule has 2 unspecified atom stereocenters. The molecule has 3 aromatic rings. The van der Waals surface area contributed by atoms with Crippen LogP contribution in [0, 0.1) is 0 Å². The van der Waals surface area contributed by atoms with Gasteiger partial charge in [-0.25, -0.2) is 19.1 Å². The number of carboxylic acid groups (broad SMARTS) is 2. The molecule has 7 N–H and O–H groups in total. The zero-order chi connectivity index (χ0) is 34.0. The lowest BCUT2D eigenvalue weighted by Gasteiger charge is -2.49. The molecule has 47 heavy (non-hydrogen) atoms. The zero-order valence-electron chi connectivity index (χ0n) is 25.4. The van der Waals surface area contributed by atoms with Crippen molar-refractivity contribution < 1.29 is 38.8 Å². The third-order valence-electron chi connectivity index (χ3n) is 7.40. The summed E-state index contributed by atoms with van der Waals surface area (Å²) in [4.78, 5) is 65.4. The zero-order valence-corrected chi connectivity index (χ0v) is 27.8. The van der Waals surface area contributed by atoms with Gasteiger partial charge in [0.15, 0.2) is 10.8 Å². The molecule has 0 bridgehead atoms. The van der Waals surface area contributed by atoms with Crippen LogP contribution in [0.15, 0.2) is 34.8 Å². The number of anilines is 2. The van der Waals surface area contributed by atoms with Crippen LogP contribution in [0.25, 0.3) is 11.2 Å². The van der Waals surface area contributed by atoms with E-state index in [1.807, 2.05) is 23.7 Å². The van der Waals surface area contributed by atoms with E-state index in [0.29, 0.717) is 23.7 Å². The molecule has 17 nitrogen and oxygen atoms in total. The van der Waals surface area contributed by atoms with E-state index in [4.69, 9.17) is 32.3 Å². The van der Waals surface area contributed by atoms with Crippen LogP contribution < -0.4 is 26.3 Å². The highest BCUT2D eigenvalue weighted by molar-refractivity contribution is 8.00. The van der Waals surface area contributed by atoms with Gasteiger partial charge in [-0.15, -0.1) is 11.8 Å². The number of carbonyl (C=O) groups is 4. The van der Waals surface area contributed by atoms with Gasteiger partial charge in [-0.3, -0.25) is 19.1 Å². The number of imidazole rings is 1. The molecule has 1 saturated heterocycles. The Morgan fingerprint density at radius 1 is 1.30 bits per heavy atom. The Morgan fingerprint density at radius 2 is 2.06 bits per heavy atom. The van der Waals surface area contributed by atoms with Crippen molar-refractivity contribution in [2.75, 3.05) is 37.4 Å². The average molecular weight is 708 g/mol. The first kappa shape index (κ1) is 33.9. The lowest BCUT2D eigenvalue weighted by molar-refractivity contribution is -0.664. The van der Waals surface area contributed by atoms with Crippen molar-refractivity contribution in [3.8, 4) is 0 Å². The highest BCUT2D eigenvalue weighted by Crippen LogP contribution is 2.40. The smallest absolute Gasteiger partial charge is 0.352 e. The summed E-state index contributed by atoms with van der Waals surface area (Å²) in [5, 5.41) is 31.1. The number of β-lactam (4-membered cyclic amide) rings is 1. The van der Waals surface area contributed by atoms with Gasteiger partial charge in [0.2, 0.25) is 6.10 Å². The van der Waals surface area contributed by atoms with E-state index in [0.717, 1.165) is 34.7 Å². The van der Waals surface area contributed by atoms with Crippen LogP contribution in [0.1, 0.15) is 19.0 Å². The Bertz CT molecular complexity index is 1810. The standard InChI is InChI=1S/C27H31ClN10O7S2/c1-12(24(41)42)45-35-16(15-19(28)47-26(29)33-15)21(39)32-17-22(40)38-18(25(43)44)13(11-46-23(17)38)10-36-8-4-6-14-20(36)34-27(31-3)37(14)9-5-7-30-2/h4,6,8,12,17,23,30H,5,7,9-11H2,1-3H3,(H5,29,32,33,39,41,42,43,44)/p+1/b35-16-/t12-,17?,23?/m0/s1. The number of nitrogens with one attached hydrogen (secondary N) is 3. The van der Waals surface area contributed by atoms with E-state index in [-0.39, 0.29) is 33.2 Å². The Hall–Kier alpha value is -4.46. The fraction of sp³-hybridized carbons (Fsp3) is 0.407. The number of nitrogens with two attached hydrogens (primary N) is 1. The van der Waals surface area contributed by atoms with Crippen molar-refractivity contribution >= 4 is 86.4 Å². The van der Waals surface area contributed by atoms with Crippen LogP contribution in [0.5, 0.6) is 0 Å². The summed E-state index contributed by atoms with van der Waals surface area (Å²) in [6, 6.07) is 2.69. The number of carboxylic acids is 2. The summed E-state index contributed by atoms with van der Waals surface area (Å²) >= 11 is 8.33. The molecule has 5 rings (SSSR count). The van der Waals surface area contributed by atoms with E-state index in [1.54, 1.807) is 13.2 Å². The molecule has 0 aliphatic carbocycles. The van der Waals surface area contributed by atoms with Crippen LogP contribution in [-0.4, -0.2) is 103 Å². The first-order valence-corrected chi connectivity index (χ1v) is 16.5. The number of nitrogen functional groups attached to an aromatic ring is 1. The number of carbonyl (C=O) groups excluding carboxylic acids is 2. The molecule has 0 saturated carbocycles. The third-order valence-corrected chi connectivity index (χ3v) is 9.82. The number of hydrogen-bond acceptors (Lipinski definition) is 13. The Labute approximate surface area is 280 Å². The number of halogens is 1.